The number of anilines is 2. The molecule has 0 unspecified atom stereocenters. The lowest BCUT2D eigenvalue weighted by atomic mass is 10.2. The van der Waals surface area contributed by atoms with Gasteiger partial charge in [-0.1, -0.05) is 20.3 Å². The van der Waals surface area contributed by atoms with Gasteiger partial charge >= 0.3 is 0 Å². The molecule has 0 atom stereocenters. The molecule has 0 radical (unpaired) electrons. The first-order chi connectivity index (χ1) is 11.7. The molecule has 0 bridgehead atoms. The van der Waals surface area contributed by atoms with Crippen LogP contribution in [0.2, 0.25) is 0 Å². The maximum Gasteiger partial charge on any atom is 0.154 e. The van der Waals surface area contributed by atoms with E-state index in [1.165, 1.54) is 17.5 Å². The normalized spacial score (nSPS) is 18.5. The number of unbranched alkanes of at least 4 members (excludes halogenated alkanes) is 1. The van der Waals surface area contributed by atoms with Gasteiger partial charge in [-0.05, 0) is 12.5 Å². The van der Waals surface area contributed by atoms with Crippen LogP contribution in [-0.2, 0) is 0 Å². The summed E-state index contributed by atoms with van der Waals surface area (Å²) in [6.45, 7) is 7.25. The molecule has 0 saturated carbocycles. The predicted octanol–water partition coefficient (Wildman–Crippen LogP) is 0.349. The Hall–Kier alpha value is -2.25. The molecule has 0 spiro atoms. The zero-order chi connectivity index (χ0) is 16.7. The highest BCUT2D eigenvalue weighted by Gasteiger charge is 2.32. The molecule has 7 heteroatoms. The van der Waals surface area contributed by atoms with E-state index in [2.05, 4.69) is 63.2 Å². The second kappa shape index (κ2) is 5.99. The molecule has 3 aliphatic rings. The van der Waals surface area contributed by atoms with Gasteiger partial charge < -0.3 is 0 Å². The Labute approximate surface area is 142 Å². The molecular formula is C17H25N7. The zero-order valence-corrected chi connectivity index (χ0v) is 14.6. The van der Waals surface area contributed by atoms with E-state index in [0.29, 0.717) is 0 Å². The van der Waals surface area contributed by atoms with E-state index < -0.39 is 0 Å². The van der Waals surface area contributed by atoms with Gasteiger partial charge in [0.2, 0.25) is 0 Å². The van der Waals surface area contributed by atoms with Gasteiger partial charge in [-0.2, -0.15) is 0 Å². The Morgan fingerprint density at radius 3 is 2.92 bits per heavy atom. The summed E-state index contributed by atoms with van der Waals surface area (Å²) in [6.07, 6.45) is 10.9. The van der Waals surface area contributed by atoms with E-state index >= 15 is 0 Å². The first kappa shape index (κ1) is 15.3. The molecule has 0 aliphatic carbocycles. The Bertz CT molecular complexity index is 785. The smallest absolute Gasteiger partial charge is 0.154 e. The molecule has 7 nitrogen and oxygen atoms in total. The van der Waals surface area contributed by atoms with Crippen LogP contribution in [0, 0.1) is 0 Å². The van der Waals surface area contributed by atoms with Crippen LogP contribution < -0.4 is 26.3 Å². The molecule has 0 saturated heterocycles. The highest BCUT2D eigenvalue weighted by molar-refractivity contribution is 5.64. The molecule has 1 aromatic heterocycles. The van der Waals surface area contributed by atoms with Gasteiger partial charge in [-0.15, -0.1) is 0 Å². The monoisotopic (exact) mass is 327 g/mol. The summed E-state index contributed by atoms with van der Waals surface area (Å²) in [5, 5.41) is 11.1. The van der Waals surface area contributed by atoms with Crippen molar-refractivity contribution in [2.24, 2.45) is 0 Å². The number of hydrogen-bond donors (Lipinski definition) is 2. The summed E-state index contributed by atoms with van der Waals surface area (Å²) in [7, 11) is 1.99. The molecule has 128 valence electrons. The topological polar surface area (TPSA) is 49.9 Å². The molecular weight excluding hydrogens is 302 g/mol. The fourth-order valence-corrected chi connectivity index (χ4v) is 3.39. The number of rotatable bonds is 5. The van der Waals surface area contributed by atoms with Crippen LogP contribution in [0.25, 0.3) is 12.4 Å². The summed E-state index contributed by atoms with van der Waals surface area (Å²) in [6, 6.07) is 0. The third-order valence-corrected chi connectivity index (χ3v) is 4.64. The first-order valence-corrected chi connectivity index (χ1v) is 8.73. The van der Waals surface area contributed by atoms with Crippen molar-refractivity contribution in [3.8, 4) is 0 Å². The molecule has 0 aromatic carbocycles. The molecule has 4 heterocycles. The van der Waals surface area contributed by atoms with Crippen molar-refractivity contribution in [2.75, 3.05) is 37.1 Å². The van der Waals surface area contributed by atoms with Gasteiger partial charge in [0.05, 0.1) is 11.9 Å². The van der Waals surface area contributed by atoms with E-state index in [0.717, 1.165) is 42.8 Å². The van der Waals surface area contributed by atoms with Gasteiger partial charge in [0.1, 0.15) is 5.82 Å². The number of likely N-dealkylation sites (N-methyl/N-ethyl adjacent to an activating group) is 1. The largest absolute Gasteiger partial charge is 0.296 e. The van der Waals surface area contributed by atoms with Crippen LogP contribution in [0.1, 0.15) is 26.7 Å². The van der Waals surface area contributed by atoms with Crippen molar-refractivity contribution >= 4 is 23.9 Å². The summed E-state index contributed by atoms with van der Waals surface area (Å²) >= 11 is 0. The standard InChI is InChI=1S/C17H25N7/c1-4-6-8-19-23-12-13-14-11-21(3)20-17(14)18-10-15(13)24-16(23)7-9-22(24)5-2/h7,10-12,19H,4-6,8-9H2,1-3H3,(H,18,20). The second-order valence-corrected chi connectivity index (χ2v) is 6.31. The van der Waals surface area contributed by atoms with Gasteiger partial charge in [-0.3, -0.25) is 20.5 Å². The van der Waals surface area contributed by atoms with Gasteiger partial charge in [0.15, 0.2) is 5.82 Å². The number of aromatic nitrogens is 1. The minimum Gasteiger partial charge on any atom is -0.296 e. The Kier molecular flexibility index (Phi) is 3.82. The summed E-state index contributed by atoms with van der Waals surface area (Å²) in [5.41, 5.74) is 7.96. The molecule has 2 N–H and O–H groups in total. The Morgan fingerprint density at radius 2 is 2.12 bits per heavy atom. The SMILES string of the molecule is CCCCNN1C=c2c(cnc3c2=CN(C)N3)N2C1=CCN2CC. The average molecular weight is 327 g/mol. The number of hydrogen-bond acceptors (Lipinski definition) is 7. The second-order valence-electron chi connectivity index (χ2n) is 6.31. The van der Waals surface area contributed by atoms with Crippen LogP contribution in [0.15, 0.2) is 18.1 Å². The maximum atomic E-state index is 4.61. The van der Waals surface area contributed by atoms with Crippen molar-refractivity contribution in [3.63, 3.8) is 0 Å². The summed E-state index contributed by atoms with van der Waals surface area (Å²) in [4.78, 5) is 4.61. The van der Waals surface area contributed by atoms with Crippen LogP contribution in [0.3, 0.4) is 0 Å². The lowest BCUT2D eigenvalue weighted by Crippen LogP contribution is -2.52. The van der Waals surface area contributed by atoms with Gasteiger partial charge in [-0.25, -0.2) is 15.4 Å². The zero-order valence-electron chi connectivity index (χ0n) is 14.6. The van der Waals surface area contributed by atoms with Crippen molar-refractivity contribution in [2.45, 2.75) is 26.7 Å². The number of hydrazine groups is 3. The highest BCUT2D eigenvalue weighted by Crippen LogP contribution is 2.27. The fraction of sp³-hybridized carbons (Fsp3) is 0.471. The van der Waals surface area contributed by atoms with Crippen molar-refractivity contribution in [1.82, 2.24) is 25.4 Å². The minimum absolute atomic E-state index is 0.913. The number of fused-ring (bicyclic) bond motifs is 5. The maximum absolute atomic E-state index is 4.61. The lowest BCUT2D eigenvalue weighted by molar-refractivity contribution is 0.278. The molecule has 0 fully saturated rings. The molecule has 4 rings (SSSR count). The third-order valence-electron chi connectivity index (χ3n) is 4.64. The van der Waals surface area contributed by atoms with Crippen LogP contribution in [-0.4, -0.2) is 46.7 Å². The molecule has 3 aliphatic heterocycles. The van der Waals surface area contributed by atoms with Crippen LogP contribution in [0.5, 0.6) is 0 Å². The fourth-order valence-electron chi connectivity index (χ4n) is 3.39. The average Bonchev–Trinajstić information content (AvgIpc) is 3.17. The van der Waals surface area contributed by atoms with E-state index in [-0.39, 0.29) is 0 Å². The van der Waals surface area contributed by atoms with E-state index in [1.807, 2.05) is 18.3 Å². The van der Waals surface area contributed by atoms with Crippen molar-refractivity contribution in [3.05, 3.63) is 28.5 Å². The van der Waals surface area contributed by atoms with Crippen LogP contribution in [0.4, 0.5) is 11.5 Å². The quantitative estimate of drug-likeness (QED) is 0.757. The summed E-state index contributed by atoms with van der Waals surface area (Å²) < 4.78 is 0. The van der Waals surface area contributed by atoms with Crippen molar-refractivity contribution < 1.29 is 0 Å². The third kappa shape index (κ3) is 2.32. The number of nitrogens with one attached hydrogen (secondary N) is 2. The predicted molar refractivity (Wildman–Crippen MR) is 96.4 cm³/mol. The van der Waals surface area contributed by atoms with E-state index in [4.69, 9.17) is 0 Å². The molecule has 0 amide bonds. The van der Waals surface area contributed by atoms with E-state index in [1.54, 1.807) is 0 Å². The van der Waals surface area contributed by atoms with Gasteiger partial charge in [0.25, 0.3) is 0 Å². The van der Waals surface area contributed by atoms with E-state index in [9.17, 15) is 0 Å². The van der Waals surface area contributed by atoms with Crippen LogP contribution >= 0.6 is 0 Å². The Morgan fingerprint density at radius 1 is 1.25 bits per heavy atom. The first-order valence-electron chi connectivity index (χ1n) is 8.73. The van der Waals surface area contributed by atoms with Crippen molar-refractivity contribution in [1.29, 1.82) is 0 Å². The molecule has 24 heavy (non-hydrogen) atoms. The number of pyridine rings is 1. The summed E-state index contributed by atoms with van der Waals surface area (Å²) in [5.74, 6) is 2.08. The minimum atomic E-state index is 0.913. The number of nitrogens with zero attached hydrogens (tertiary/aromatic N) is 5. The highest BCUT2D eigenvalue weighted by atomic mass is 15.7. The Balaban J connectivity index is 1.83. The lowest BCUT2D eigenvalue weighted by Gasteiger charge is -2.38. The molecule has 1 aromatic rings. The van der Waals surface area contributed by atoms with Gasteiger partial charge in [0, 0.05) is 49.5 Å².